The second kappa shape index (κ2) is 6.78. The van der Waals surface area contributed by atoms with Crippen molar-refractivity contribution in [3.63, 3.8) is 0 Å². The second-order valence-electron chi connectivity index (χ2n) is 5.63. The number of amides is 1. The average molecular weight is 315 g/mol. The molecular weight excluding hydrogens is 297 g/mol. The van der Waals surface area contributed by atoms with Gasteiger partial charge in [-0.15, -0.1) is 0 Å². The standard InChI is InChI=1S/C16H18FN5O/c1-21(11-15-19-5-2-6-20-15)12-4-8-22(10-12)16(23)13-3-7-18-9-14(13)17/h2-3,5-7,9,12H,4,8,10-11H2,1H3/t12-/m0/s1. The molecule has 120 valence electrons. The lowest BCUT2D eigenvalue weighted by Gasteiger charge is -2.24. The number of nitrogens with zero attached hydrogens (tertiary/aromatic N) is 5. The monoisotopic (exact) mass is 315 g/mol. The van der Waals surface area contributed by atoms with Crippen molar-refractivity contribution >= 4 is 5.91 Å². The second-order valence-corrected chi connectivity index (χ2v) is 5.63. The third-order valence-corrected chi connectivity index (χ3v) is 4.09. The van der Waals surface area contributed by atoms with Crippen molar-refractivity contribution in [1.82, 2.24) is 24.8 Å². The fraction of sp³-hybridized carbons (Fsp3) is 0.375. The van der Waals surface area contributed by atoms with Gasteiger partial charge in [-0.25, -0.2) is 14.4 Å². The van der Waals surface area contributed by atoms with Gasteiger partial charge in [0.05, 0.1) is 18.3 Å². The van der Waals surface area contributed by atoms with Crippen LogP contribution in [0.2, 0.25) is 0 Å². The van der Waals surface area contributed by atoms with Crippen molar-refractivity contribution in [2.24, 2.45) is 0 Å². The molecule has 0 spiro atoms. The van der Waals surface area contributed by atoms with Gasteiger partial charge in [-0.05, 0) is 25.6 Å². The molecule has 1 amide bonds. The van der Waals surface area contributed by atoms with Gasteiger partial charge in [-0.2, -0.15) is 0 Å². The predicted molar refractivity (Wildman–Crippen MR) is 82.0 cm³/mol. The van der Waals surface area contributed by atoms with Gasteiger partial charge in [-0.3, -0.25) is 14.7 Å². The van der Waals surface area contributed by atoms with Gasteiger partial charge < -0.3 is 4.90 Å². The quantitative estimate of drug-likeness (QED) is 0.852. The lowest BCUT2D eigenvalue weighted by molar-refractivity contribution is 0.0774. The van der Waals surface area contributed by atoms with Crippen LogP contribution in [0.25, 0.3) is 0 Å². The van der Waals surface area contributed by atoms with Crippen LogP contribution in [0.3, 0.4) is 0 Å². The maximum absolute atomic E-state index is 13.7. The van der Waals surface area contributed by atoms with Gasteiger partial charge in [-0.1, -0.05) is 0 Å². The van der Waals surface area contributed by atoms with Crippen LogP contribution in [0.1, 0.15) is 22.6 Å². The zero-order valence-electron chi connectivity index (χ0n) is 12.9. The Morgan fingerprint density at radius 2 is 2.17 bits per heavy atom. The molecule has 0 bridgehead atoms. The third-order valence-electron chi connectivity index (χ3n) is 4.09. The molecule has 3 heterocycles. The van der Waals surface area contributed by atoms with Crippen molar-refractivity contribution < 1.29 is 9.18 Å². The van der Waals surface area contributed by atoms with Crippen LogP contribution in [-0.2, 0) is 6.54 Å². The molecule has 23 heavy (non-hydrogen) atoms. The summed E-state index contributed by atoms with van der Waals surface area (Å²) in [5.41, 5.74) is 0.0784. The average Bonchev–Trinajstić information content (AvgIpc) is 3.06. The molecular formula is C16H18FN5O. The predicted octanol–water partition coefficient (Wildman–Crippen LogP) is 1.36. The largest absolute Gasteiger partial charge is 0.337 e. The number of likely N-dealkylation sites (tertiary alicyclic amines) is 1. The molecule has 1 atom stereocenters. The molecule has 2 aromatic rings. The van der Waals surface area contributed by atoms with E-state index >= 15 is 0 Å². The van der Waals surface area contributed by atoms with E-state index in [1.165, 1.54) is 12.3 Å². The van der Waals surface area contributed by atoms with Gasteiger partial charge >= 0.3 is 0 Å². The molecule has 1 fully saturated rings. The highest BCUT2D eigenvalue weighted by Crippen LogP contribution is 2.19. The fourth-order valence-electron chi connectivity index (χ4n) is 2.77. The van der Waals surface area contributed by atoms with Crippen molar-refractivity contribution in [1.29, 1.82) is 0 Å². The van der Waals surface area contributed by atoms with Crippen LogP contribution in [0.5, 0.6) is 0 Å². The number of carbonyl (C=O) groups excluding carboxylic acids is 1. The van der Waals surface area contributed by atoms with Crippen molar-refractivity contribution in [2.45, 2.75) is 19.0 Å². The minimum absolute atomic E-state index is 0.0784. The highest BCUT2D eigenvalue weighted by Gasteiger charge is 2.30. The molecule has 1 aliphatic heterocycles. The van der Waals surface area contributed by atoms with E-state index in [9.17, 15) is 9.18 Å². The third kappa shape index (κ3) is 3.50. The summed E-state index contributed by atoms with van der Waals surface area (Å²) in [6.45, 7) is 1.81. The van der Waals surface area contributed by atoms with E-state index in [-0.39, 0.29) is 17.5 Å². The smallest absolute Gasteiger partial charge is 0.256 e. The van der Waals surface area contributed by atoms with Crippen molar-refractivity contribution in [3.8, 4) is 0 Å². The lowest BCUT2D eigenvalue weighted by atomic mass is 10.2. The summed E-state index contributed by atoms with van der Waals surface area (Å²) in [6, 6.07) is 3.42. The molecule has 0 aliphatic carbocycles. The molecule has 0 aromatic carbocycles. The topological polar surface area (TPSA) is 62.2 Å². The van der Waals surface area contributed by atoms with Crippen LogP contribution < -0.4 is 0 Å². The van der Waals surface area contributed by atoms with Crippen molar-refractivity contribution in [2.75, 3.05) is 20.1 Å². The fourth-order valence-corrected chi connectivity index (χ4v) is 2.77. The van der Waals surface area contributed by atoms with E-state index in [1.807, 2.05) is 7.05 Å². The molecule has 3 rings (SSSR count). The van der Waals surface area contributed by atoms with Crippen LogP contribution in [0.4, 0.5) is 4.39 Å². The lowest BCUT2D eigenvalue weighted by Crippen LogP contribution is -2.36. The highest BCUT2D eigenvalue weighted by molar-refractivity contribution is 5.94. The van der Waals surface area contributed by atoms with Crippen LogP contribution in [-0.4, -0.2) is 56.8 Å². The van der Waals surface area contributed by atoms with E-state index < -0.39 is 5.82 Å². The minimum atomic E-state index is -0.577. The summed E-state index contributed by atoms with van der Waals surface area (Å²) in [4.78, 5) is 28.3. The van der Waals surface area contributed by atoms with Gasteiger partial charge in [0.2, 0.25) is 0 Å². The van der Waals surface area contributed by atoms with Crippen LogP contribution >= 0.6 is 0 Å². The summed E-state index contributed by atoms with van der Waals surface area (Å²) in [5.74, 6) is -0.108. The van der Waals surface area contributed by atoms with Crippen LogP contribution in [0, 0.1) is 5.82 Å². The zero-order valence-corrected chi connectivity index (χ0v) is 12.9. The molecule has 1 saturated heterocycles. The number of halogens is 1. The molecule has 1 aliphatic rings. The Morgan fingerprint density at radius 3 is 2.91 bits per heavy atom. The molecule has 0 N–H and O–H groups in total. The SMILES string of the molecule is CN(Cc1ncccn1)[C@H]1CCN(C(=O)c2ccncc2F)C1. The maximum atomic E-state index is 13.7. The first-order chi connectivity index (χ1) is 11.1. The maximum Gasteiger partial charge on any atom is 0.256 e. The van der Waals surface area contributed by atoms with Gasteiger partial charge in [0.15, 0.2) is 5.82 Å². The summed E-state index contributed by atoms with van der Waals surface area (Å²) in [6.07, 6.45) is 6.78. The minimum Gasteiger partial charge on any atom is -0.337 e. The van der Waals surface area contributed by atoms with E-state index in [1.54, 1.807) is 23.4 Å². The van der Waals surface area contributed by atoms with Crippen molar-refractivity contribution in [3.05, 3.63) is 54.1 Å². The van der Waals surface area contributed by atoms with E-state index in [0.29, 0.717) is 19.6 Å². The Labute approximate surface area is 134 Å². The number of carbonyl (C=O) groups is 1. The van der Waals surface area contributed by atoms with E-state index in [2.05, 4.69) is 19.9 Å². The number of likely N-dealkylation sites (N-methyl/N-ethyl adjacent to an activating group) is 1. The van der Waals surface area contributed by atoms with Gasteiger partial charge in [0, 0.05) is 37.7 Å². The van der Waals surface area contributed by atoms with Crippen LogP contribution in [0.15, 0.2) is 36.9 Å². The Kier molecular flexibility index (Phi) is 4.57. The zero-order chi connectivity index (χ0) is 16.2. The highest BCUT2D eigenvalue weighted by atomic mass is 19.1. The number of aromatic nitrogens is 3. The first-order valence-electron chi connectivity index (χ1n) is 7.50. The normalized spacial score (nSPS) is 17.7. The first kappa shape index (κ1) is 15.5. The van der Waals surface area contributed by atoms with E-state index in [4.69, 9.17) is 0 Å². The summed E-state index contributed by atoms with van der Waals surface area (Å²) in [7, 11) is 1.99. The molecule has 7 heteroatoms. The molecule has 0 radical (unpaired) electrons. The molecule has 2 aromatic heterocycles. The number of hydrogen-bond donors (Lipinski definition) is 0. The molecule has 0 unspecified atom stereocenters. The number of pyridine rings is 1. The molecule has 0 saturated carbocycles. The molecule has 6 nitrogen and oxygen atoms in total. The summed E-state index contributed by atoms with van der Waals surface area (Å²) in [5, 5.41) is 0. The number of rotatable bonds is 4. The Hall–Kier alpha value is -2.41. The summed E-state index contributed by atoms with van der Waals surface area (Å²) < 4.78 is 13.7. The summed E-state index contributed by atoms with van der Waals surface area (Å²) >= 11 is 0. The van der Waals surface area contributed by atoms with Gasteiger partial charge in [0.25, 0.3) is 5.91 Å². The van der Waals surface area contributed by atoms with E-state index in [0.717, 1.165) is 18.4 Å². The number of hydrogen-bond acceptors (Lipinski definition) is 5. The Morgan fingerprint density at radius 1 is 1.39 bits per heavy atom. The van der Waals surface area contributed by atoms with Gasteiger partial charge in [0.1, 0.15) is 5.82 Å². The first-order valence-corrected chi connectivity index (χ1v) is 7.50. The Bertz CT molecular complexity index is 681. The Balaban J connectivity index is 1.62.